The van der Waals surface area contributed by atoms with Crippen molar-refractivity contribution in [3.05, 3.63) is 91.5 Å². The van der Waals surface area contributed by atoms with E-state index in [0.29, 0.717) is 12.6 Å². The van der Waals surface area contributed by atoms with Gasteiger partial charge < -0.3 is 86.1 Å². The Morgan fingerprint density at radius 3 is 1.18 bits per heavy atom. The van der Waals surface area contributed by atoms with Gasteiger partial charge in [0.1, 0.15) is 49.4 Å². The molecular formula is C62H96N16O6. The molecule has 0 amide bonds. The number of nitrogen functional groups attached to an aromatic ring is 4. The van der Waals surface area contributed by atoms with Crippen LogP contribution in [0.3, 0.4) is 0 Å². The fourth-order valence-corrected chi connectivity index (χ4v) is 12.0. The van der Waals surface area contributed by atoms with Gasteiger partial charge in [0.05, 0.1) is 68.5 Å². The van der Waals surface area contributed by atoms with Crippen molar-refractivity contribution < 1.29 is 29.2 Å². The van der Waals surface area contributed by atoms with Crippen LogP contribution in [-0.2, 0) is 6.54 Å². The summed E-state index contributed by atoms with van der Waals surface area (Å²) in [5.74, 6) is 3.62. The minimum Gasteiger partial charge on any atom is -0.489 e. The van der Waals surface area contributed by atoms with Crippen molar-refractivity contribution in [1.82, 2.24) is 39.0 Å². The molecule has 8 heterocycles. The molecule has 10 N–H and O–H groups in total. The number of rotatable bonds is 18. The lowest BCUT2D eigenvalue weighted by Gasteiger charge is -2.37. The Kier molecular flexibility index (Phi) is 23.2. The van der Waals surface area contributed by atoms with Crippen molar-refractivity contribution in [3.8, 4) is 23.0 Å². The van der Waals surface area contributed by atoms with Crippen LogP contribution >= 0.6 is 0 Å². The first-order valence-electron chi connectivity index (χ1n) is 30.5. The van der Waals surface area contributed by atoms with Gasteiger partial charge in [0.25, 0.3) is 0 Å². The molecule has 0 bridgehead atoms. The zero-order chi connectivity index (χ0) is 58.6. The standard InChI is InChI=1S/C17H28N4O2.C16H26N4O2.C16H26N4O.C13H16N4O/c18-15-2-3-16-17(14-15)23-13-11-21(16)5-1-4-19-6-8-20(9-7-19)10-12-22;17-14-1-2-15-16(13-14)22-12-10-20(15)8-7-18-3-5-19(6-4-18)9-11-21;1-18(2)14-5-6-19(12-14)7-8-20-9-10-21-16-11-13(17)3-4-15(16)20;14-11-1-2-12-13(9-11)18-8-7-17(12)6-5-16-4-3-15-10-16/h2-3,14,22H,1,4-13,18H2;1-2,13,21H,3-12,17H2;3-4,11,14H,5-10,12,17H2,1-2H3;1-4,9-10H,5-8,14H2. The van der Waals surface area contributed by atoms with Gasteiger partial charge in [-0.05, 0) is 88.6 Å². The van der Waals surface area contributed by atoms with Crippen molar-refractivity contribution in [2.75, 3.05) is 247 Å². The molecule has 5 aromatic rings. The predicted molar refractivity (Wildman–Crippen MR) is 340 cm³/mol. The van der Waals surface area contributed by atoms with Gasteiger partial charge in [-0.2, -0.15) is 0 Å². The maximum Gasteiger partial charge on any atom is 0.144 e. The monoisotopic (exact) mass is 1160 g/mol. The number of aliphatic hydroxyl groups is 2. The topological polar surface area (TPSA) is 232 Å². The summed E-state index contributed by atoms with van der Waals surface area (Å²) in [5, 5.41) is 18.0. The second-order valence-corrected chi connectivity index (χ2v) is 22.9. The molecule has 84 heavy (non-hydrogen) atoms. The molecule has 1 aromatic heterocycles. The second-order valence-electron chi connectivity index (χ2n) is 22.9. The van der Waals surface area contributed by atoms with Crippen molar-refractivity contribution >= 4 is 45.5 Å². The van der Waals surface area contributed by atoms with Crippen LogP contribution in [0.2, 0.25) is 0 Å². The molecule has 12 rings (SSSR count). The van der Waals surface area contributed by atoms with Gasteiger partial charge >= 0.3 is 0 Å². The minimum atomic E-state index is 0.258. The molecule has 460 valence electrons. The molecule has 1 atom stereocenters. The Bertz CT molecular complexity index is 2740. The fourth-order valence-electron chi connectivity index (χ4n) is 12.0. The number of fused-ring (bicyclic) bond motifs is 4. The van der Waals surface area contributed by atoms with Crippen LogP contribution in [0.5, 0.6) is 23.0 Å². The van der Waals surface area contributed by atoms with Crippen LogP contribution in [0.15, 0.2) is 91.5 Å². The van der Waals surface area contributed by atoms with E-state index < -0.39 is 0 Å². The zero-order valence-electron chi connectivity index (χ0n) is 50.1. The third kappa shape index (κ3) is 18.0. The summed E-state index contributed by atoms with van der Waals surface area (Å²) in [6.07, 6.45) is 8.05. The lowest BCUT2D eigenvalue weighted by atomic mass is 10.2. The number of β-amino-alcohol motifs (C(OH)–C–C–N with tert-alkyl or cyclic N) is 2. The lowest BCUT2D eigenvalue weighted by molar-refractivity contribution is 0.112. The van der Waals surface area contributed by atoms with Crippen molar-refractivity contribution in [2.45, 2.75) is 25.4 Å². The number of imidazole rings is 1. The number of nitrogens with two attached hydrogens (primary N) is 4. The molecule has 1 unspecified atom stereocenters. The highest BCUT2D eigenvalue weighted by molar-refractivity contribution is 5.68. The normalized spacial score (nSPS) is 19.1. The number of anilines is 8. The molecule has 3 fully saturated rings. The highest BCUT2D eigenvalue weighted by Gasteiger charge is 2.27. The van der Waals surface area contributed by atoms with E-state index in [4.69, 9.17) is 52.1 Å². The van der Waals surface area contributed by atoms with Crippen LogP contribution in [0.25, 0.3) is 0 Å². The average Bonchev–Trinajstić information content (AvgIpc) is 4.29. The lowest BCUT2D eigenvalue weighted by Crippen LogP contribution is -2.49. The highest BCUT2D eigenvalue weighted by Crippen LogP contribution is 2.36. The molecule has 0 spiro atoms. The van der Waals surface area contributed by atoms with E-state index in [1.165, 1.54) is 30.9 Å². The number of benzene rings is 4. The molecule has 0 aliphatic carbocycles. The quantitative estimate of drug-likeness (QED) is 0.0693. The molecule has 4 aromatic carbocycles. The van der Waals surface area contributed by atoms with E-state index in [-0.39, 0.29) is 13.2 Å². The Labute approximate surface area is 498 Å². The maximum absolute atomic E-state index is 8.99. The van der Waals surface area contributed by atoms with Gasteiger partial charge in [-0.3, -0.25) is 19.6 Å². The zero-order valence-corrected chi connectivity index (χ0v) is 50.1. The molecule has 22 nitrogen and oxygen atoms in total. The largest absolute Gasteiger partial charge is 0.489 e. The first-order valence-corrected chi connectivity index (χ1v) is 30.5. The Hall–Kier alpha value is -6.63. The van der Waals surface area contributed by atoms with Crippen LogP contribution in [0.4, 0.5) is 45.5 Å². The van der Waals surface area contributed by atoms with Crippen LogP contribution in [-0.4, -0.2) is 259 Å². The molecular weight excluding hydrogens is 1060 g/mol. The fraction of sp³-hybridized carbons (Fsp3) is 0.565. The number of piperazine rings is 2. The SMILES string of the molecule is CN(C)C1CCN(CCN2CCOc3cc(N)ccc32)C1.Nc1ccc2c(c1)OCCN2CCCN1CCN(CCO)CC1.Nc1ccc2c(c1)OCCN2CCN1CCN(CCO)CC1.Nc1ccc2c(c1)OCCN2CCn1ccnc1. The van der Waals surface area contributed by atoms with Gasteiger partial charge in [-0.25, -0.2) is 4.98 Å². The highest BCUT2D eigenvalue weighted by atomic mass is 16.5. The summed E-state index contributed by atoms with van der Waals surface area (Å²) in [4.78, 5) is 28.2. The van der Waals surface area contributed by atoms with Crippen LogP contribution < -0.4 is 61.5 Å². The van der Waals surface area contributed by atoms with E-state index in [1.54, 1.807) is 6.20 Å². The number of aromatic nitrogens is 2. The third-order valence-corrected chi connectivity index (χ3v) is 17.0. The number of ether oxygens (including phenoxy) is 4. The summed E-state index contributed by atoms with van der Waals surface area (Å²) in [6, 6.07) is 24.3. The van der Waals surface area contributed by atoms with Crippen LogP contribution in [0, 0.1) is 0 Å². The van der Waals surface area contributed by atoms with E-state index >= 15 is 0 Å². The summed E-state index contributed by atoms with van der Waals surface area (Å²) in [6.45, 7) is 28.1. The van der Waals surface area contributed by atoms with E-state index in [9.17, 15) is 0 Å². The molecule has 7 aliphatic rings. The Morgan fingerprint density at radius 2 is 0.810 bits per heavy atom. The van der Waals surface area contributed by atoms with Crippen molar-refractivity contribution in [1.29, 1.82) is 0 Å². The van der Waals surface area contributed by atoms with E-state index in [2.05, 4.69) is 90.8 Å². The first-order chi connectivity index (χ1) is 41.0. The summed E-state index contributed by atoms with van der Waals surface area (Å²) in [5.41, 5.74) is 30.9. The van der Waals surface area contributed by atoms with Gasteiger partial charge in [-0.1, -0.05) is 0 Å². The van der Waals surface area contributed by atoms with E-state index in [0.717, 1.165) is 227 Å². The Balaban J connectivity index is 0.000000135. The second kappa shape index (κ2) is 31.5. The summed E-state index contributed by atoms with van der Waals surface area (Å²) >= 11 is 0. The molecule has 0 radical (unpaired) electrons. The van der Waals surface area contributed by atoms with Gasteiger partial charge in [0.2, 0.25) is 0 Å². The molecule has 22 heteroatoms. The predicted octanol–water partition coefficient (Wildman–Crippen LogP) is 3.01. The van der Waals surface area contributed by atoms with Crippen molar-refractivity contribution in [2.24, 2.45) is 0 Å². The number of hydrogen-bond donors (Lipinski definition) is 6. The third-order valence-electron chi connectivity index (χ3n) is 17.0. The van der Waals surface area contributed by atoms with Crippen molar-refractivity contribution in [3.63, 3.8) is 0 Å². The summed E-state index contributed by atoms with van der Waals surface area (Å²) < 4.78 is 24.8. The summed E-state index contributed by atoms with van der Waals surface area (Å²) in [7, 11) is 4.35. The average molecular weight is 1160 g/mol. The number of likely N-dealkylation sites (N-methyl/N-ethyl adjacent to an activating group) is 1. The number of aliphatic hydroxyl groups excluding tert-OH is 2. The number of hydrogen-bond acceptors (Lipinski definition) is 21. The maximum atomic E-state index is 8.99. The molecule has 3 saturated heterocycles. The van der Waals surface area contributed by atoms with Gasteiger partial charge in [-0.15, -0.1) is 0 Å². The van der Waals surface area contributed by atoms with Crippen LogP contribution in [0.1, 0.15) is 12.8 Å². The van der Waals surface area contributed by atoms with Gasteiger partial charge in [0, 0.05) is 183 Å². The minimum absolute atomic E-state index is 0.258. The molecule has 7 aliphatic heterocycles. The molecule has 0 saturated carbocycles. The van der Waals surface area contributed by atoms with E-state index in [1.807, 2.05) is 67.1 Å². The smallest absolute Gasteiger partial charge is 0.144 e. The number of nitrogens with zero attached hydrogens (tertiary/aromatic N) is 12. The number of likely N-dealkylation sites (tertiary alicyclic amines) is 1. The Morgan fingerprint density at radius 1 is 0.440 bits per heavy atom. The first kappa shape index (κ1) is 61.9. The van der Waals surface area contributed by atoms with Gasteiger partial charge in [0.15, 0.2) is 0 Å².